The quantitative estimate of drug-likeness (QED) is 0.385. The van der Waals surface area contributed by atoms with E-state index in [9.17, 15) is 4.79 Å². The van der Waals surface area contributed by atoms with Crippen molar-refractivity contribution in [2.45, 2.75) is 71.7 Å². The van der Waals surface area contributed by atoms with Crippen LogP contribution in [0.1, 0.15) is 58.1 Å². The summed E-state index contributed by atoms with van der Waals surface area (Å²) in [6.45, 7) is 13.8. The molecular formula is C28H37NO2. The predicted molar refractivity (Wildman–Crippen MR) is 127 cm³/mol. The molecule has 1 aliphatic rings. The van der Waals surface area contributed by atoms with Crippen molar-refractivity contribution in [3.63, 3.8) is 0 Å². The molecule has 1 fully saturated rings. The van der Waals surface area contributed by atoms with Gasteiger partial charge in [-0.05, 0) is 64.0 Å². The van der Waals surface area contributed by atoms with E-state index in [0.717, 1.165) is 32.4 Å². The van der Waals surface area contributed by atoms with Crippen LogP contribution in [-0.4, -0.2) is 22.5 Å². The summed E-state index contributed by atoms with van der Waals surface area (Å²) in [4.78, 5) is 15.7. The summed E-state index contributed by atoms with van der Waals surface area (Å²) >= 11 is 0. The van der Waals surface area contributed by atoms with Gasteiger partial charge in [0.25, 0.3) is 0 Å². The molecule has 0 aromatic heterocycles. The van der Waals surface area contributed by atoms with Gasteiger partial charge >= 0.3 is 5.97 Å². The maximum Gasteiger partial charge on any atom is 0.311 e. The van der Waals surface area contributed by atoms with Crippen LogP contribution in [0.5, 0.6) is 0 Å². The van der Waals surface area contributed by atoms with E-state index in [1.165, 1.54) is 16.7 Å². The minimum atomic E-state index is -0.476. The van der Waals surface area contributed by atoms with E-state index < -0.39 is 5.60 Å². The van der Waals surface area contributed by atoms with E-state index in [4.69, 9.17) is 4.74 Å². The first kappa shape index (κ1) is 23.3. The molecule has 3 rings (SSSR count). The van der Waals surface area contributed by atoms with Gasteiger partial charge in [0.2, 0.25) is 0 Å². The molecule has 0 bridgehead atoms. The smallest absolute Gasteiger partial charge is 0.311 e. The minimum absolute atomic E-state index is 0.0659. The van der Waals surface area contributed by atoms with E-state index in [-0.39, 0.29) is 17.9 Å². The third kappa shape index (κ3) is 6.80. The van der Waals surface area contributed by atoms with Crippen molar-refractivity contribution in [1.29, 1.82) is 0 Å². The fourth-order valence-electron chi connectivity index (χ4n) is 4.58. The van der Waals surface area contributed by atoms with E-state index >= 15 is 0 Å². The number of esters is 1. The van der Waals surface area contributed by atoms with Crippen LogP contribution >= 0.6 is 0 Å². The van der Waals surface area contributed by atoms with Gasteiger partial charge in [0, 0.05) is 19.1 Å². The zero-order chi connectivity index (χ0) is 22.4. The molecule has 0 radical (unpaired) electrons. The minimum Gasteiger partial charge on any atom is -0.460 e. The summed E-state index contributed by atoms with van der Waals surface area (Å²) in [5, 5.41) is 0. The molecule has 0 saturated heterocycles. The highest BCUT2D eigenvalue weighted by molar-refractivity contribution is 5.74. The van der Waals surface area contributed by atoms with Crippen molar-refractivity contribution in [2.24, 2.45) is 11.8 Å². The number of hydrogen-bond acceptors (Lipinski definition) is 3. The molecule has 0 heterocycles. The number of benzene rings is 2. The molecule has 2 aromatic rings. The first-order valence-electron chi connectivity index (χ1n) is 11.4. The summed E-state index contributed by atoms with van der Waals surface area (Å²) in [7, 11) is 0. The SMILES string of the molecule is C=C(C)[C@H]1CC[C@H](C(=O)OC(C)(C)C)[C@@H](N(Cc2ccccc2)Cc2ccccc2)C1. The third-order valence-corrected chi connectivity index (χ3v) is 6.15. The Morgan fingerprint density at radius 2 is 1.48 bits per heavy atom. The van der Waals surface area contributed by atoms with Crippen LogP contribution < -0.4 is 0 Å². The first-order valence-corrected chi connectivity index (χ1v) is 11.4. The van der Waals surface area contributed by atoms with Crippen LogP contribution in [0.15, 0.2) is 72.8 Å². The second-order valence-corrected chi connectivity index (χ2v) is 9.94. The fourth-order valence-corrected chi connectivity index (χ4v) is 4.58. The van der Waals surface area contributed by atoms with Crippen molar-refractivity contribution >= 4 is 5.97 Å². The zero-order valence-electron chi connectivity index (χ0n) is 19.5. The highest BCUT2D eigenvalue weighted by Gasteiger charge is 2.40. The number of hydrogen-bond donors (Lipinski definition) is 0. The Morgan fingerprint density at radius 1 is 0.968 bits per heavy atom. The molecule has 0 N–H and O–H groups in total. The third-order valence-electron chi connectivity index (χ3n) is 6.15. The Hall–Kier alpha value is -2.39. The topological polar surface area (TPSA) is 29.5 Å². The van der Waals surface area contributed by atoms with Gasteiger partial charge in [0.1, 0.15) is 5.60 Å². The molecule has 0 unspecified atom stereocenters. The Labute approximate surface area is 188 Å². The standard InChI is InChI=1S/C28H37NO2/c1-21(2)24-16-17-25(27(30)31-28(3,4)5)26(18-24)29(19-22-12-8-6-9-13-22)20-23-14-10-7-11-15-23/h6-15,24-26H,1,16-20H2,2-5H3/t24-,25-,26-/m0/s1. The maximum atomic E-state index is 13.2. The lowest BCUT2D eigenvalue weighted by Gasteiger charge is -2.43. The summed E-state index contributed by atoms with van der Waals surface area (Å²) in [6.07, 6.45) is 2.79. The van der Waals surface area contributed by atoms with Crippen LogP contribution in [0, 0.1) is 11.8 Å². The molecule has 0 amide bonds. The number of allylic oxidation sites excluding steroid dienone is 1. The van der Waals surface area contributed by atoms with E-state index in [2.05, 4.69) is 66.9 Å². The van der Waals surface area contributed by atoms with E-state index in [0.29, 0.717) is 5.92 Å². The second kappa shape index (κ2) is 10.3. The highest BCUT2D eigenvalue weighted by atomic mass is 16.6. The molecule has 3 atom stereocenters. The van der Waals surface area contributed by atoms with Crippen LogP contribution in [0.25, 0.3) is 0 Å². The first-order chi connectivity index (χ1) is 14.7. The van der Waals surface area contributed by atoms with Gasteiger partial charge in [0.15, 0.2) is 0 Å². The van der Waals surface area contributed by atoms with Crippen molar-refractivity contribution in [2.75, 3.05) is 0 Å². The van der Waals surface area contributed by atoms with Crippen molar-refractivity contribution in [3.8, 4) is 0 Å². The van der Waals surface area contributed by atoms with Crippen LogP contribution in [0.2, 0.25) is 0 Å². The predicted octanol–water partition coefficient (Wildman–Crippen LogP) is 6.39. The van der Waals surface area contributed by atoms with E-state index in [1.54, 1.807) is 0 Å². The zero-order valence-corrected chi connectivity index (χ0v) is 19.5. The van der Waals surface area contributed by atoms with Gasteiger partial charge in [-0.1, -0.05) is 72.8 Å². The Balaban J connectivity index is 1.92. The van der Waals surface area contributed by atoms with Gasteiger partial charge in [-0.3, -0.25) is 9.69 Å². The van der Waals surface area contributed by atoms with Crippen molar-refractivity contribution in [3.05, 3.63) is 83.9 Å². The van der Waals surface area contributed by atoms with E-state index in [1.807, 2.05) is 32.9 Å². The molecule has 1 aliphatic carbocycles. The van der Waals surface area contributed by atoms with Gasteiger partial charge < -0.3 is 4.74 Å². The Morgan fingerprint density at radius 3 is 1.94 bits per heavy atom. The Bertz CT molecular complexity index is 812. The van der Waals surface area contributed by atoms with Crippen molar-refractivity contribution in [1.82, 2.24) is 4.90 Å². The molecule has 0 aliphatic heterocycles. The average Bonchev–Trinajstić information content (AvgIpc) is 2.73. The highest BCUT2D eigenvalue weighted by Crippen LogP contribution is 2.38. The van der Waals surface area contributed by atoms with Crippen LogP contribution in [-0.2, 0) is 22.6 Å². The molecule has 0 spiro atoms. The number of rotatable bonds is 7. The van der Waals surface area contributed by atoms with Crippen molar-refractivity contribution < 1.29 is 9.53 Å². The molecule has 2 aromatic carbocycles. The normalized spacial score (nSPS) is 21.6. The Kier molecular flexibility index (Phi) is 7.72. The lowest BCUT2D eigenvalue weighted by atomic mass is 9.75. The average molecular weight is 420 g/mol. The summed E-state index contributed by atoms with van der Waals surface area (Å²) < 4.78 is 5.87. The lowest BCUT2D eigenvalue weighted by Crippen LogP contribution is -2.48. The summed E-state index contributed by atoms with van der Waals surface area (Å²) in [5.74, 6) is 0.253. The van der Waals surface area contributed by atoms with Crippen LogP contribution in [0.4, 0.5) is 0 Å². The summed E-state index contributed by atoms with van der Waals surface area (Å²) in [5.41, 5.74) is 3.26. The number of carbonyl (C=O) groups excluding carboxylic acids is 1. The van der Waals surface area contributed by atoms with Gasteiger partial charge in [-0.15, -0.1) is 0 Å². The van der Waals surface area contributed by atoms with Gasteiger partial charge in [-0.25, -0.2) is 0 Å². The fraction of sp³-hybridized carbons (Fsp3) is 0.464. The molecule has 1 saturated carbocycles. The largest absolute Gasteiger partial charge is 0.460 e. The second-order valence-electron chi connectivity index (χ2n) is 9.94. The number of ether oxygens (including phenoxy) is 1. The monoisotopic (exact) mass is 419 g/mol. The molecular weight excluding hydrogens is 382 g/mol. The van der Waals surface area contributed by atoms with Crippen LogP contribution in [0.3, 0.4) is 0 Å². The number of nitrogens with zero attached hydrogens (tertiary/aromatic N) is 1. The molecule has 3 heteroatoms. The van der Waals surface area contributed by atoms with Gasteiger partial charge in [-0.2, -0.15) is 0 Å². The molecule has 31 heavy (non-hydrogen) atoms. The van der Waals surface area contributed by atoms with Gasteiger partial charge in [0.05, 0.1) is 5.92 Å². The molecule has 166 valence electrons. The maximum absolute atomic E-state index is 13.2. The number of carbonyl (C=O) groups is 1. The summed E-state index contributed by atoms with van der Waals surface area (Å²) in [6, 6.07) is 21.2. The lowest BCUT2D eigenvalue weighted by molar-refractivity contribution is -0.164. The molecule has 3 nitrogen and oxygen atoms in total.